The van der Waals surface area contributed by atoms with Gasteiger partial charge in [0.05, 0.1) is 16.7 Å². The maximum atomic E-state index is 15.0. The summed E-state index contributed by atoms with van der Waals surface area (Å²) in [4.78, 5) is 49.3. The van der Waals surface area contributed by atoms with Crippen molar-refractivity contribution in [2.24, 2.45) is 13.0 Å². The summed E-state index contributed by atoms with van der Waals surface area (Å²) in [6.45, 7) is 1.06. The number of piperidine rings is 2. The first kappa shape index (κ1) is 20.1. The molecule has 0 saturated carbocycles. The fourth-order valence-electron chi connectivity index (χ4n) is 4.47. The number of imidazole rings is 1. The lowest BCUT2D eigenvalue weighted by molar-refractivity contribution is -0.138. The van der Waals surface area contributed by atoms with E-state index in [2.05, 4.69) is 5.32 Å². The smallest absolute Gasteiger partial charge is 0.329 e. The summed E-state index contributed by atoms with van der Waals surface area (Å²) in [7, 11) is 1.56. The number of hydrogen-bond donors (Lipinski definition) is 2. The van der Waals surface area contributed by atoms with Gasteiger partial charge in [0.15, 0.2) is 0 Å². The van der Waals surface area contributed by atoms with Crippen molar-refractivity contribution < 1.29 is 23.9 Å². The van der Waals surface area contributed by atoms with Gasteiger partial charge >= 0.3 is 11.7 Å². The third-order valence-electron chi connectivity index (χ3n) is 6.10. The molecule has 2 aliphatic rings. The lowest BCUT2D eigenvalue weighted by Crippen LogP contribution is -2.44. The Hall–Kier alpha value is -3.17. The number of rotatable bonds is 4. The van der Waals surface area contributed by atoms with Crippen molar-refractivity contribution >= 4 is 34.5 Å². The number of halogens is 1. The van der Waals surface area contributed by atoms with Crippen molar-refractivity contribution in [2.75, 3.05) is 18.0 Å². The molecule has 4 rings (SSSR count). The number of carboxylic acids is 1. The fraction of sp³-hybridized carbons (Fsp3) is 0.500. The number of carbonyl (C=O) groups is 3. The molecule has 2 N–H and O–H groups in total. The number of anilines is 1. The van der Waals surface area contributed by atoms with Crippen LogP contribution >= 0.6 is 0 Å². The van der Waals surface area contributed by atoms with Gasteiger partial charge in [-0.3, -0.25) is 28.8 Å². The topological polar surface area (TPSA) is 114 Å². The second kappa shape index (κ2) is 7.58. The van der Waals surface area contributed by atoms with Gasteiger partial charge < -0.3 is 10.0 Å². The molecule has 1 aromatic carbocycles. The zero-order chi connectivity index (χ0) is 21.6. The van der Waals surface area contributed by atoms with Crippen molar-refractivity contribution in [2.45, 2.75) is 38.1 Å². The van der Waals surface area contributed by atoms with Crippen molar-refractivity contribution in [3.8, 4) is 0 Å². The van der Waals surface area contributed by atoms with Gasteiger partial charge in [-0.05, 0) is 31.2 Å². The van der Waals surface area contributed by atoms with E-state index in [1.54, 1.807) is 13.1 Å². The van der Waals surface area contributed by atoms with E-state index in [0.717, 1.165) is 0 Å². The lowest BCUT2D eigenvalue weighted by atomic mass is 9.93. The molecule has 2 saturated heterocycles. The number of nitrogens with one attached hydrogen (secondary N) is 1. The molecule has 2 amide bonds. The molecule has 1 unspecified atom stereocenters. The third-order valence-corrected chi connectivity index (χ3v) is 6.10. The van der Waals surface area contributed by atoms with Gasteiger partial charge in [-0.25, -0.2) is 9.18 Å². The standard InChI is InChI=1S/C20H23FN4O5/c1-23-15-10-14(24-6-4-11(5-7-24)8-18(27)28)12(21)9-16(15)25(20(23)30)13-2-3-17(26)22-19(13)29/h9-11,13H,2-8H2,1H3,(H,27,28)(H,22,26,29). The first-order valence-corrected chi connectivity index (χ1v) is 9.97. The first-order chi connectivity index (χ1) is 14.3. The lowest BCUT2D eigenvalue weighted by Gasteiger charge is -2.33. The number of benzene rings is 1. The molecule has 10 heteroatoms. The third kappa shape index (κ3) is 3.46. The van der Waals surface area contributed by atoms with Crippen LogP contribution in [-0.2, 0) is 21.4 Å². The summed E-state index contributed by atoms with van der Waals surface area (Å²) >= 11 is 0. The van der Waals surface area contributed by atoms with E-state index >= 15 is 4.39 Å². The van der Waals surface area contributed by atoms with E-state index in [9.17, 15) is 19.2 Å². The summed E-state index contributed by atoms with van der Waals surface area (Å²) in [6, 6.07) is 2.00. The van der Waals surface area contributed by atoms with E-state index in [0.29, 0.717) is 42.7 Å². The van der Waals surface area contributed by atoms with Crippen LogP contribution in [0.4, 0.5) is 10.1 Å². The molecular formula is C20H23FN4O5. The molecule has 3 heterocycles. The van der Waals surface area contributed by atoms with E-state index in [1.165, 1.54) is 15.2 Å². The number of nitrogens with zero attached hydrogens (tertiary/aromatic N) is 3. The van der Waals surface area contributed by atoms with E-state index in [-0.39, 0.29) is 31.1 Å². The van der Waals surface area contributed by atoms with Crippen molar-refractivity contribution in [1.29, 1.82) is 0 Å². The monoisotopic (exact) mass is 418 g/mol. The highest BCUT2D eigenvalue weighted by atomic mass is 19.1. The van der Waals surface area contributed by atoms with Crippen LogP contribution < -0.4 is 15.9 Å². The summed E-state index contributed by atoms with van der Waals surface area (Å²) < 4.78 is 17.7. The number of aryl methyl sites for hydroxylation is 1. The Morgan fingerprint density at radius 2 is 1.87 bits per heavy atom. The average molecular weight is 418 g/mol. The molecular weight excluding hydrogens is 395 g/mol. The number of carboxylic acid groups (broad SMARTS) is 1. The van der Waals surface area contributed by atoms with Crippen LogP contribution in [0.3, 0.4) is 0 Å². The zero-order valence-corrected chi connectivity index (χ0v) is 16.6. The first-order valence-electron chi connectivity index (χ1n) is 9.97. The predicted octanol–water partition coefficient (Wildman–Crippen LogP) is 1.15. The number of carbonyl (C=O) groups excluding carboxylic acids is 2. The number of aliphatic carboxylic acids is 1. The molecule has 0 spiro atoms. The molecule has 2 aliphatic heterocycles. The van der Waals surface area contributed by atoms with Gasteiger partial charge in [-0.15, -0.1) is 0 Å². The highest BCUT2D eigenvalue weighted by Gasteiger charge is 2.32. The van der Waals surface area contributed by atoms with Gasteiger partial charge in [0.2, 0.25) is 11.8 Å². The Morgan fingerprint density at radius 1 is 1.17 bits per heavy atom. The highest BCUT2D eigenvalue weighted by molar-refractivity contribution is 6.00. The molecule has 160 valence electrons. The Labute approximate surface area is 171 Å². The van der Waals surface area contributed by atoms with Crippen molar-refractivity contribution in [3.05, 3.63) is 28.4 Å². The Balaban J connectivity index is 1.68. The summed E-state index contributed by atoms with van der Waals surface area (Å²) in [5, 5.41) is 11.2. The molecule has 1 atom stereocenters. The summed E-state index contributed by atoms with van der Waals surface area (Å²) in [5.41, 5.74) is 0.705. The van der Waals surface area contributed by atoms with Crippen LogP contribution in [0.25, 0.3) is 11.0 Å². The molecule has 9 nitrogen and oxygen atoms in total. The van der Waals surface area contributed by atoms with E-state index < -0.39 is 29.4 Å². The van der Waals surface area contributed by atoms with Crippen LogP contribution in [0.2, 0.25) is 0 Å². The normalized spacial score (nSPS) is 20.6. The number of imide groups is 1. The zero-order valence-electron chi connectivity index (χ0n) is 16.6. The largest absolute Gasteiger partial charge is 0.481 e. The van der Waals surface area contributed by atoms with Gasteiger partial charge in [0.25, 0.3) is 0 Å². The minimum absolute atomic E-state index is 0.0727. The van der Waals surface area contributed by atoms with Crippen molar-refractivity contribution in [3.63, 3.8) is 0 Å². The number of fused-ring (bicyclic) bond motifs is 1. The molecule has 2 fully saturated rings. The minimum atomic E-state index is -0.865. The maximum Gasteiger partial charge on any atom is 0.329 e. The number of aromatic nitrogens is 2. The number of hydrogen-bond acceptors (Lipinski definition) is 5. The van der Waals surface area contributed by atoms with Crippen LogP contribution in [0.15, 0.2) is 16.9 Å². The van der Waals surface area contributed by atoms with Gasteiger partial charge in [-0.1, -0.05) is 0 Å². The molecule has 0 aliphatic carbocycles. The van der Waals surface area contributed by atoms with Crippen molar-refractivity contribution in [1.82, 2.24) is 14.5 Å². The second-order valence-electron chi connectivity index (χ2n) is 8.00. The molecule has 0 radical (unpaired) electrons. The second-order valence-corrected chi connectivity index (χ2v) is 8.00. The van der Waals surface area contributed by atoms with Gasteiger partial charge in [0.1, 0.15) is 11.9 Å². The van der Waals surface area contributed by atoms with E-state index in [4.69, 9.17) is 5.11 Å². The van der Waals surface area contributed by atoms with E-state index in [1.807, 2.05) is 4.90 Å². The molecule has 30 heavy (non-hydrogen) atoms. The Bertz CT molecular complexity index is 1100. The highest BCUT2D eigenvalue weighted by Crippen LogP contribution is 2.31. The SMILES string of the molecule is Cn1c(=O)n(C2CCC(=O)NC2=O)c2cc(F)c(N3CCC(CC(=O)O)CC3)cc21. The Kier molecular flexibility index (Phi) is 5.08. The van der Waals surface area contributed by atoms with Crippen LogP contribution in [-0.4, -0.2) is 45.1 Å². The van der Waals surface area contributed by atoms with Crippen LogP contribution in [0.1, 0.15) is 38.1 Å². The predicted molar refractivity (Wildman–Crippen MR) is 106 cm³/mol. The fourth-order valence-corrected chi connectivity index (χ4v) is 4.47. The van der Waals surface area contributed by atoms with Gasteiger partial charge in [0, 0.05) is 39.0 Å². The maximum absolute atomic E-state index is 15.0. The average Bonchev–Trinajstić information content (AvgIpc) is 2.92. The molecule has 0 bridgehead atoms. The van der Waals surface area contributed by atoms with Crippen LogP contribution in [0, 0.1) is 11.7 Å². The summed E-state index contributed by atoms with van der Waals surface area (Å²) in [6.07, 6.45) is 1.72. The number of amides is 2. The molecule has 2 aromatic rings. The van der Waals surface area contributed by atoms with Gasteiger partial charge in [-0.2, -0.15) is 0 Å². The molecule has 1 aromatic heterocycles. The summed E-state index contributed by atoms with van der Waals surface area (Å²) in [5.74, 6) is -2.21. The minimum Gasteiger partial charge on any atom is -0.481 e. The Morgan fingerprint density at radius 3 is 2.50 bits per heavy atom. The van der Waals surface area contributed by atoms with Crippen LogP contribution in [0.5, 0.6) is 0 Å². The quantitative estimate of drug-likeness (QED) is 0.720.